The molecule has 1 amide bonds. The van der Waals surface area contributed by atoms with Crippen molar-refractivity contribution >= 4 is 17.8 Å². The van der Waals surface area contributed by atoms with Gasteiger partial charge in [0, 0.05) is 25.7 Å². The molecule has 34 heavy (non-hydrogen) atoms. The Labute approximate surface area is 203 Å². The van der Waals surface area contributed by atoms with Crippen molar-refractivity contribution in [2.45, 2.75) is 70.8 Å². The highest BCUT2D eigenvalue weighted by Crippen LogP contribution is 2.31. The van der Waals surface area contributed by atoms with Crippen LogP contribution in [-0.2, 0) is 20.8 Å². The van der Waals surface area contributed by atoms with Crippen LogP contribution in [0.5, 0.6) is 0 Å². The monoisotopic (exact) mass is 472 g/mol. The molecule has 2 aliphatic heterocycles. The van der Waals surface area contributed by atoms with Crippen molar-refractivity contribution in [1.82, 2.24) is 9.80 Å². The molecule has 3 fully saturated rings. The number of hydrogen-bond donors (Lipinski definition) is 2. The van der Waals surface area contributed by atoms with Gasteiger partial charge in [0.1, 0.15) is 0 Å². The van der Waals surface area contributed by atoms with Crippen LogP contribution in [0, 0.1) is 17.8 Å². The first-order chi connectivity index (χ1) is 16.3. The number of carbonyl (C=O) groups excluding carboxylic acids is 1. The van der Waals surface area contributed by atoms with Gasteiger partial charge in [-0.15, -0.1) is 0 Å². The molecule has 1 aliphatic carbocycles. The molecule has 2 N–H and O–H groups in total. The van der Waals surface area contributed by atoms with E-state index in [4.69, 9.17) is 19.8 Å². The van der Waals surface area contributed by atoms with Crippen LogP contribution in [0.3, 0.4) is 0 Å². The number of hydrogen-bond acceptors (Lipinski definition) is 4. The van der Waals surface area contributed by atoms with E-state index in [-0.39, 0.29) is 5.92 Å². The summed E-state index contributed by atoms with van der Waals surface area (Å²) in [7, 11) is 0. The summed E-state index contributed by atoms with van der Waals surface area (Å²) in [6.45, 7) is 6.55. The molecular weight excluding hydrogens is 432 g/mol. The van der Waals surface area contributed by atoms with Crippen LogP contribution in [0.4, 0.5) is 0 Å². The predicted octanol–water partition coefficient (Wildman–Crippen LogP) is 3.91. The third kappa shape index (κ3) is 7.83. The summed E-state index contributed by atoms with van der Waals surface area (Å²) in [5, 5.41) is 14.8. The molecule has 188 valence electrons. The van der Waals surface area contributed by atoms with Crippen molar-refractivity contribution in [3.63, 3.8) is 0 Å². The van der Waals surface area contributed by atoms with Crippen molar-refractivity contribution in [3.8, 4) is 0 Å². The first-order valence-electron chi connectivity index (χ1n) is 12.9. The van der Waals surface area contributed by atoms with Crippen LogP contribution < -0.4 is 0 Å². The summed E-state index contributed by atoms with van der Waals surface area (Å²) in [5.41, 5.74) is 1.44. The Morgan fingerprint density at radius 1 is 0.882 bits per heavy atom. The zero-order valence-corrected chi connectivity index (χ0v) is 20.4. The van der Waals surface area contributed by atoms with E-state index in [0.717, 1.165) is 56.8 Å². The Bertz CT molecular complexity index is 794. The van der Waals surface area contributed by atoms with Crippen molar-refractivity contribution in [2.24, 2.45) is 17.8 Å². The van der Waals surface area contributed by atoms with Crippen molar-refractivity contribution in [1.29, 1.82) is 0 Å². The molecule has 1 aromatic rings. The van der Waals surface area contributed by atoms with E-state index in [9.17, 15) is 4.79 Å². The number of carboxylic acids is 2. The number of piperidine rings is 2. The van der Waals surface area contributed by atoms with E-state index in [2.05, 4.69) is 47.1 Å². The maximum Gasteiger partial charge on any atom is 0.414 e. The highest BCUT2D eigenvalue weighted by atomic mass is 16.4. The molecule has 0 spiro atoms. The number of carbonyl (C=O) groups is 3. The minimum Gasteiger partial charge on any atom is -0.473 e. The Balaban J connectivity index is 0.000000481. The highest BCUT2D eigenvalue weighted by molar-refractivity contribution is 6.27. The van der Waals surface area contributed by atoms with Crippen LogP contribution >= 0.6 is 0 Å². The molecule has 0 radical (unpaired) electrons. The second-order valence-corrected chi connectivity index (χ2v) is 10.3. The third-order valence-electron chi connectivity index (χ3n) is 7.70. The number of rotatable bonds is 4. The molecule has 7 nitrogen and oxygen atoms in total. The smallest absolute Gasteiger partial charge is 0.414 e. The minimum atomic E-state index is -1.82. The summed E-state index contributed by atoms with van der Waals surface area (Å²) in [4.78, 5) is 36.3. The zero-order valence-electron chi connectivity index (χ0n) is 20.4. The average molecular weight is 473 g/mol. The third-order valence-corrected chi connectivity index (χ3v) is 7.70. The lowest BCUT2D eigenvalue weighted by Crippen LogP contribution is -2.50. The molecule has 7 heteroatoms. The van der Waals surface area contributed by atoms with Crippen LogP contribution in [0.25, 0.3) is 0 Å². The predicted molar refractivity (Wildman–Crippen MR) is 130 cm³/mol. The topological polar surface area (TPSA) is 98.2 Å². The van der Waals surface area contributed by atoms with Gasteiger partial charge in [-0.2, -0.15) is 0 Å². The summed E-state index contributed by atoms with van der Waals surface area (Å²) < 4.78 is 0. The Morgan fingerprint density at radius 3 is 2.18 bits per heavy atom. The normalized spacial score (nSPS) is 26.3. The van der Waals surface area contributed by atoms with E-state index >= 15 is 0 Å². The van der Waals surface area contributed by atoms with E-state index < -0.39 is 11.9 Å². The second-order valence-electron chi connectivity index (χ2n) is 10.3. The fourth-order valence-corrected chi connectivity index (χ4v) is 5.84. The molecule has 2 heterocycles. The Hall–Kier alpha value is -2.41. The molecule has 3 unspecified atom stereocenters. The number of aliphatic carboxylic acids is 2. The standard InChI is InChI=1S/C25H38N2O.C2H2O4/c1-20-7-5-11-24(17-20)27-14-6-10-23(19-27)25(28)26-15-12-22(13-16-26)18-21-8-3-2-4-9-21;3-1(4)2(5)6/h2-4,8-9,20,22-24H,5-7,10-19H2,1H3;(H,3,4)(H,5,6). The Kier molecular flexibility index (Phi) is 9.93. The summed E-state index contributed by atoms with van der Waals surface area (Å²) in [6.07, 6.45) is 11.2. The molecule has 2 saturated heterocycles. The lowest BCUT2D eigenvalue weighted by atomic mass is 9.84. The number of nitrogens with zero attached hydrogens (tertiary/aromatic N) is 2. The molecule has 3 atom stereocenters. The number of amides is 1. The fraction of sp³-hybridized carbons (Fsp3) is 0.667. The molecule has 0 bridgehead atoms. The second kappa shape index (κ2) is 12.9. The molecule has 1 aromatic carbocycles. The number of likely N-dealkylation sites (tertiary alicyclic amines) is 2. The van der Waals surface area contributed by atoms with Gasteiger partial charge in [0.05, 0.1) is 5.92 Å². The van der Waals surface area contributed by atoms with Gasteiger partial charge < -0.3 is 15.1 Å². The zero-order chi connectivity index (χ0) is 24.5. The molecular formula is C27H40N2O5. The average Bonchev–Trinajstić information content (AvgIpc) is 2.85. The van der Waals surface area contributed by atoms with E-state index in [0.29, 0.717) is 5.91 Å². The maximum absolute atomic E-state index is 13.2. The van der Waals surface area contributed by atoms with E-state index in [1.807, 2.05) is 0 Å². The van der Waals surface area contributed by atoms with Gasteiger partial charge in [-0.05, 0) is 68.9 Å². The lowest BCUT2D eigenvalue weighted by Gasteiger charge is -2.42. The lowest BCUT2D eigenvalue weighted by molar-refractivity contribution is -0.159. The molecule has 0 aromatic heterocycles. The van der Waals surface area contributed by atoms with Crippen LogP contribution in [0.1, 0.15) is 63.9 Å². The summed E-state index contributed by atoms with van der Waals surface area (Å²) >= 11 is 0. The quantitative estimate of drug-likeness (QED) is 0.645. The largest absolute Gasteiger partial charge is 0.473 e. The summed E-state index contributed by atoms with van der Waals surface area (Å²) in [5.74, 6) is -1.36. The minimum absolute atomic E-state index is 0.247. The van der Waals surface area contributed by atoms with E-state index in [1.54, 1.807) is 0 Å². The molecule has 3 aliphatic rings. The van der Waals surface area contributed by atoms with Crippen LogP contribution in [0.2, 0.25) is 0 Å². The highest BCUT2D eigenvalue weighted by Gasteiger charge is 2.34. The van der Waals surface area contributed by atoms with Crippen LogP contribution in [-0.4, -0.2) is 70.1 Å². The maximum atomic E-state index is 13.2. The fourth-order valence-electron chi connectivity index (χ4n) is 5.84. The van der Waals surface area contributed by atoms with E-state index in [1.165, 1.54) is 50.6 Å². The SMILES string of the molecule is CC1CCCC(N2CCCC(C(=O)N3CCC(Cc4ccccc4)CC3)C2)C1.O=C(O)C(=O)O. The van der Waals surface area contributed by atoms with Gasteiger partial charge in [0.15, 0.2) is 0 Å². The molecule has 1 saturated carbocycles. The van der Waals surface area contributed by atoms with Gasteiger partial charge in [0.2, 0.25) is 5.91 Å². The first kappa shape index (κ1) is 26.2. The Morgan fingerprint density at radius 2 is 1.56 bits per heavy atom. The number of benzene rings is 1. The van der Waals surface area contributed by atoms with Gasteiger partial charge in [0.25, 0.3) is 0 Å². The van der Waals surface area contributed by atoms with Crippen LogP contribution in [0.15, 0.2) is 30.3 Å². The van der Waals surface area contributed by atoms with Gasteiger partial charge in [-0.3, -0.25) is 9.69 Å². The van der Waals surface area contributed by atoms with Gasteiger partial charge in [-0.25, -0.2) is 9.59 Å². The number of carboxylic acid groups (broad SMARTS) is 2. The van der Waals surface area contributed by atoms with Crippen molar-refractivity contribution in [3.05, 3.63) is 35.9 Å². The van der Waals surface area contributed by atoms with Gasteiger partial charge in [-0.1, -0.05) is 50.1 Å². The van der Waals surface area contributed by atoms with Crippen molar-refractivity contribution in [2.75, 3.05) is 26.2 Å². The molecule has 4 rings (SSSR count). The first-order valence-corrected chi connectivity index (χ1v) is 12.9. The van der Waals surface area contributed by atoms with Crippen molar-refractivity contribution < 1.29 is 24.6 Å². The summed E-state index contributed by atoms with van der Waals surface area (Å²) in [6, 6.07) is 11.6. The van der Waals surface area contributed by atoms with Gasteiger partial charge >= 0.3 is 11.9 Å².